The van der Waals surface area contributed by atoms with Gasteiger partial charge in [-0.1, -0.05) is 57.0 Å². The summed E-state index contributed by atoms with van der Waals surface area (Å²) in [6.07, 6.45) is 3.26. The second-order valence-electron chi connectivity index (χ2n) is 4.87. The summed E-state index contributed by atoms with van der Waals surface area (Å²) in [7, 11) is -4.08. The SMILES string of the molecule is CCCCOC(OCCCC)(c1ccccc1)S(N)(=O)=O. The molecular formula is C15H25NO4S. The maximum atomic E-state index is 12.2. The Morgan fingerprint density at radius 2 is 1.48 bits per heavy atom. The Hall–Kier alpha value is -0.950. The molecule has 0 unspecified atom stereocenters. The van der Waals surface area contributed by atoms with E-state index < -0.39 is 15.1 Å². The number of primary sulfonamides is 1. The highest BCUT2D eigenvalue weighted by atomic mass is 32.2. The summed E-state index contributed by atoms with van der Waals surface area (Å²) < 4.78 is 35.6. The van der Waals surface area contributed by atoms with Gasteiger partial charge in [-0.3, -0.25) is 0 Å². The van der Waals surface area contributed by atoms with Crippen molar-refractivity contribution in [2.75, 3.05) is 13.2 Å². The molecule has 1 aromatic carbocycles. The first-order chi connectivity index (χ1) is 9.98. The number of benzene rings is 1. The van der Waals surface area contributed by atoms with Crippen LogP contribution in [0.2, 0.25) is 0 Å². The van der Waals surface area contributed by atoms with Crippen LogP contribution in [0, 0.1) is 0 Å². The lowest BCUT2D eigenvalue weighted by molar-refractivity contribution is -0.186. The van der Waals surface area contributed by atoms with Crippen molar-refractivity contribution < 1.29 is 17.9 Å². The lowest BCUT2D eigenvalue weighted by atomic mass is 10.2. The summed E-state index contributed by atoms with van der Waals surface area (Å²) >= 11 is 0. The van der Waals surface area contributed by atoms with Crippen LogP contribution < -0.4 is 5.14 Å². The molecule has 0 aliphatic rings. The number of unbranched alkanes of at least 4 members (excludes halogenated alkanes) is 2. The molecule has 120 valence electrons. The Morgan fingerprint density at radius 1 is 1.00 bits per heavy atom. The second kappa shape index (κ2) is 8.48. The van der Waals surface area contributed by atoms with E-state index >= 15 is 0 Å². The molecule has 0 radical (unpaired) electrons. The Balaban J connectivity index is 3.14. The van der Waals surface area contributed by atoms with E-state index in [1.807, 2.05) is 13.8 Å². The van der Waals surface area contributed by atoms with Crippen LogP contribution >= 0.6 is 0 Å². The minimum Gasteiger partial charge on any atom is -0.333 e. The topological polar surface area (TPSA) is 78.6 Å². The van der Waals surface area contributed by atoms with Gasteiger partial charge in [-0.2, -0.15) is 0 Å². The number of rotatable bonds is 10. The summed E-state index contributed by atoms with van der Waals surface area (Å²) in [6.45, 7) is 4.55. The van der Waals surface area contributed by atoms with Gasteiger partial charge in [0, 0.05) is 5.56 Å². The van der Waals surface area contributed by atoms with Crippen molar-refractivity contribution >= 4 is 10.0 Å². The Labute approximate surface area is 127 Å². The zero-order chi connectivity index (χ0) is 15.8. The van der Waals surface area contributed by atoms with Gasteiger partial charge in [0.25, 0.3) is 10.0 Å². The average molecular weight is 315 g/mol. The maximum absolute atomic E-state index is 12.2. The number of hydrogen-bond donors (Lipinski definition) is 1. The molecule has 1 aromatic rings. The van der Waals surface area contributed by atoms with Crippen LogP contribution in [0.15, 0.2) is 30.3 Å². The molecule has 0 fully saturated rings. The molecule has 0 aromatic heterocycles. The van der Waals surface area contributed by atoms with Gasteiger partial charge in [0.2, 0.25) is 0 Å². The molecule has 0 saturated heterocycles. The van der Waals surface area contributed by atoms with E-state index in [2.05, 4.69) is 0 Å². The quantitative estimate of drug-likeness (QED) is 0.532. The van der Waals surface area contributed by atoms with E-state index in [4.69, 9.17) is 14.6 Å². The summed E-state index contributed by atoms with van der Waals surface area (Å²) in [5, 5.41) is 3.52. The first-order valence-electron chi connectivity index (χ1n) is 7.33. The van der Waals surface area contributed by atoms with E-state index in [1.54, 1.807) is 30.3 Å². The second-order valence-corrected chi connectivity index (χ2v) is 6.50. The fourth-order valence-corrected chi connectivity index (χ4v) is 2.84. The number of nitrogens with two attached hydrogens (primary N) is 1. The molecule has 6 heteroatoms. The van der Waals surface area contributed by atoms with Gasteiger partial charge < -0.3 is 9.47 Å². The molecule has 21 heavy (non-hydrogen) atoms. The molecule has 0 saturated carbocycles. The number of hydrogen-bond acceptors (Lipinski definition) is 4. The molecule has 5 nitrogen and oxygen atoms in total. The van der Waals surface area contributed by atoms with Crippen LogP contribution in [0.25, 0.3) is 0 Å². The van der Waals surface area contributed by atoms with E-state index in [-0.39, 0.29) is 13.2 Å². The molecular weight excluding hydrogens is 290 g/mol. The van der Waals surface area contributed by atoms with Crippen molar-refractivity contribution in [1.82, 2.24) is 0 Å². The Morgan fingerprint density at radius 3 is 1.86 bits per heavy atom. The fraction of sp³-hybridized carbons (Fsp3) is 0.600. The van der Waals surface area contributed by atoms with Crippen molar-refractivity contribution in [3.8, 4) is 0 Å². The zero-order valence-corrected chi connectivity index (χ0v) is 13.6. The first-order valence-corrected chi connectivity index (χ1v) is 8.88. The van der Waals surface area contributed by atoms with Crippen LogP contribution in [-0.2, 0) is 24.6 Å². The fourth-order valence-electron chi connectivity index (χ4n) is 1.88. The van der Waals surface area contributed by atoms with Gasteiger partial charge in [0.1, 0.15) is 0 Å². The molecule has 0 spiro atoms. The molecule has 0 amide bonds. The first kappa shape index (κ1) is 18.1. The van der Waals surface area contributed by atoms with Crippen molar-refractivity contribution in [2.45, 2.75) is 44.6 Å². The van der Waals surface area contributed by atoms with E-state index in [9.17, 15) is 8.42 Å². The van der Waals surface area contributed by atoms with Gasteiger partial charge in [-0.05, 0) is 12.8 Å². The van der Waals surface area contributed by atoms with E-state index in [1.165, 1.54) is 0 Å². The van der Waals surface area contributed by atoms with Crippen molar-refractivity contribution in [1.29, 1.82) is 0 Å². The normalized spacial score (nSPS) is 12.5. The van der Waals surface area contributed by atoms with Gasteiger partial charge in [-0.25, -0.2) is 13.6 Å². The van der Waals surface area contributed by atoms with E-state index in [0.717, 1.165) is 25.7 Å². The molecule has 0 aliphatic carbocycles. The average Bonchev–Trinajstić information content (AvgIpc) is 2.45. The van der Waals surface area contributed by atoms with Crippen LogP contribution in [0.4, 0.5) is 0 Å². The third kappa shape index (κ3) is 4.78. The Bertz CT molecular complexity index is 492. The Kier molecular flexibility index (Phi) is 7.31. The maximum Gasteiger partial charge on any atom is 0.315 e. The monoisotopic (exact) mass is 315 g/mol. The highest BCUT2D eigenvalue weighted by Gasteiger charge is 2.46. The molecule has 0 aliphatic heterocycles. The number of sulfonamides is 1. The molecule has 1 rings (SSSR count). The van der Waals surface area contributed by atoms with Crippen LogP contribution in [0.3, 0.4) is 0 Å². The standard InChI is InChI=1S/C15H25NO4S/c1-3-5-12-19-15(21(16,17)18,20-13-6-4-2)14-10-8-7-9-11-14/h7-11H,3-6,12-13H2,1-2H3,(H2,16,17,18). The van der Waals surface area contributed by atoms with Gasteiger partial charge in [0.15, 0.2) is 0 Å². The minimum atomic E-state index is -4.08. The van der Waals surface area contributed by atoms with Crippen molar-refractivity contribution in [3.63, 3.8) is 0 Å². The van der Waals surface area contributed by atoms with Crippen LogP contribution in [0.5, 0.6) is 0 Å². The lowest BCUT2D eigenvalue weighted by Crippen LogP contribution is -2.46. The molecule has 0 heterocycles. The highest BCUT2D eigenvalue weighted by molar-refractivity contribution is 7.89. The molecule has 0 atom stereocenters. The van der Waals surface area contributed by atoms with Crippen LogP contribution in [-0.4, -0.2) is 21.6 Å². The van der Waals surface area contributed by atoms with Gasteiger partial charge in [0.05, 0.1) is 13.2 Å². The van der Waals surface area contributed by atoms with Crippen molar-refractivity contribution in [2.24, 2.45) is 5.14 Å². The highest BCUT2D eigenvalue weighted by Crippen LogP contribution is 2.32. The lowest BCUT2D eigenvalue weighted by Gasteiger charge is -2.31. The minimum absolute atomic E-state index is 0.272. The summed E-state index contributed by atoms with van der Waals surface area (Å²) in [6, 6.07) is 8.59. The van der Waals surface area contributed by atoms with E-state index in [0.29, 0.717) is 5.56 Å². The third-order valence-corrected chi connectivity index (χ3v) is 4.30. The summed E-state index contributed by atoms with van der Waals surface area (Å²) in [5.74, 6) is 0. The van der Waals surface area contributed by atoms with Crippen LogP contribution in [0.1, 0.15) is 45.1 Å². The van der Waals surface area contributed by atoms with Gasteiger partial charge >= 0.3 is 5.12 Å². The predicted molar refractivity (Wildman–Crippen MR) is 82.9 cm³/mol. The summed E-state index contributed by atoms with van der Waals surface area (Å²) in [4.78, 5) is 0. The number of ether oxygens (including phenoxy) is 2. The largest absolute Gasteiger partial charge is 0.333 e. The van der Waals surface area contributed by atoms with Gasteiger partial charge in [-0.15, -0.1) is 0 Å². The zero-order valence-electron chi connectivity index (χ0n) is 12.7. The van der Waals surface area contributed by atoms with Crippen molar-refractivity contribution in [3.05, 3.63) is 35.9 Å². The summed E-state index contributed by atoms with van der Waals surface area (Å²) in [5.41, 5.74) is 0.403. The molecule has 0 bridgehead atoms. The smallest absolute Gasteiger partial charge is 0.315 e. The molecule has 2 N–H and O–H groups in total. The predicted octanol–water partition coefficient (Wildman–Crippen LogP) is 2.72. The third-order valence-electron chi connectivity index (χ3n) is 3.08.